The van der Waals surface area contributed by atoms with E-state index in [9.17, 15) is 9.59 Å². The Morgan fingerprint density at radius 1 is 1.21 bits per heavy atom. The number of anilines is 1. The fourth-order valence-electron chi connectivity index (χ4n) is 0.887. The summed E-state index contributed by atoms with van der Waals surface area (Å²) in [4.78, 5) is 21.1. The Labute approximate surface area is 80.0 Å². The predicted octanol–water partition coefficient (Wildman–Crippen LogP) is 0.805. The summed E-state index contributed by atoms with van der Waals surface area (Å²) in [5, 5.41) is 19.6. The summed E-state index contributed by atoms with van der Waals surface area (Å²) >= 11 is 0. The quantitative estimate of drug-likeness (QED) is 0.492. The molecule has 1 aromatic carbocycles. The standard InChI is InChI=1S/C9H9NO4/c11-7-3-1-6(2-4-7)10-8(12)5-9(13)14/h1-4,11H,5H2,(H,10,12)(H,13,14). The van der Waals surface area contributed by atoms with Crippen molar-refractivity contribution in [3.05, 3.63) is 24.3 Å². The number of hydrogen-bond donors (Lipinski definition) is 3. The highest BCUT2D eigenvalue weighted by Gasteiger charge is 2.06. The molecule has 0 spiro atoms. The zero-order chi connectivity index (χ0) is 10.6. The number of hydrogen-bond acceptors (Lipinski definition) is 3. The Hall–Kier alpha value is -2.04. The Morgan fingerprint density at radius 2 is 1.79 bits per heavy atom. The topological polar surface area (TPSA) is 86.6 Å². The number of benzene rings is 1. The molecule has 0 fully saturated rings. The first-order chi connectivity index (χ1) is 6.58. The zero-order valence-corrected chi connectivity index (χ0v) is 7.23. The van der Waals surface area contributed by atoms with Gasteiger partial charge in [0.15, 0.2) is 0 Å². The van der Waals surface area contributed by atoms with E-state index in [-0.39, 0.29) is 5.75 Å². The molecule has 0 unspecified atom stereocenters. The molecule has 1 rings (SSSR count). The summed E-state index contributed by atoms with van der Waals surface area (Å²) in [7, 11) is 0. The first kappa shape index (κ1) is 10.0. The molecule has 1 aromatic rings. The van der Waals surface area contributed by atoms with E-state index in [1.807, 2.05) is 0 Å². The Bertz CT molecular complexity index is 344. The lowest BCUT2D eigenvalue weighted by Gasteiger charge is -2.02. The third-order valence-corrected chi connectivity index (χ3v) is 1.46. The SMILES string of the molecule is O=C(O)CC(=O)Nc1ccc(O)cc1. The predicted molar refractivity (Wildman–Crippen MR) is 49.0 cm³/mol. The van der Waals surface area contributed by atoms with Crippen molar-refractivity contribution >= 4 is 17.6 Å². The van der Waals surface area contributed by atoms with Gasteiger partial charge in [-0.1, -0.05) is 0 Å². The highest BCUT2D eigenvalue weighted by Crippen LogP contribution is 2.13. The largest absolute Gasteiger partial charge is 0.508 e. The molecule has 0 aliphatic rings. The van der Waals surface area contributed by atoms with Gasteiger partial charge in [-0.05, 0) is 24.3 Å². The van der Waals surface area contributed by atoms with Crippen molar-refractivity contribution in [1.29, 1.82) is 0 Å². The van der Waals surface area contributed by atoms with Crippen LogP contribution in [0.15, 0.2) is 24.3 Å². The minimum absolute atomic E-state index is 0.0845. The monoisotopic (exact) mass is 195 g/mol. The first-order valence-electron chi connectivity index (χ1n) is 3.88. The molecule has 1 amide bonds. The van der Waals surface area contributed by atoms with Crippen LogP contribution in [0, 0.1) is 0 Å². The number of rotatable bonds is 3. The third-order valence-electron chi connectivity index (χ3n) is 1.46. The molecular formula is C9H9NO4. The normalized spacial score (nSPS) is 9.43. The van der Waals surface area contributed by atoms with E-state index < -0.39 is 18.3 Å². The van der Waals surface area contributed by atoms with E-state index in [4.69, 9.17) is 10.2 Å². The maximum absolute atomic E-state index is 11.0. The Kier molecular flexibility index (Phi) is 3.06. The van der Waals surface area contributed by atoms with Crippen LogP contribution in [0.1, 0.15) is 6.42 Å². The number of aliphatic carboxylic acids is 1. The third kappa shape index (κ3) is 3.14. The van der Waals surface area contributed by atoms with Gasteiger partial charge in [-0.15, -0.1) is 0 Å². The van der Waals surface area contributed by atoms with Gasteiger partial charge in [0.1, 0.15) is 12.2 Å². The minimum Gasteiger partial charge on any atom is -0.508 e. The van der Waals surface area contributed by atoms with Crippen molar-refractivity contribution in [2.24, 2.45) is 0 Å². The van der Waals surface area contributed by atoms with Gasteiger partial charge >= 0.3 is 5.97 Å². The highest BCUT2D eigenvalue weighted by atomic mass is 16.4. The molecule has 0 aromatic heterocycles. The Balaban J connectivity index is 2.56. The molecule has 0 aliphatic carbocycles. The molecule has 0 saturated carbocycles. The molecule has 0 aliphatic heterocycles. The molecule has 74 valence electrons. The highest BCUT2D eigenvalue weighted by molar-refractivity contribution is 6.01. The number of carbonyl (C=O) groups excluding carboxylic acids is 1. The number of amides is 1. The number of aromatic hydroxyl groups is 1. The van der Waals surface area contributed by atoms with Crippen molar-refractivity contribution in [3.8, 4) is 5.75 Å². The first-order valence-corrected chi connectivity index (χ1v) is 3.88. The van der Waals surface area contributed by atoms with Crippen LogP contribution in [-0.2, 0) is 9.59 Å². The van der Waals surface area contributed by atoms with E-state index in [0.29, 0.717) is 5.69 Å². The molecule has 5 nitrogen and oxygen atoms in total. The molecule has 5 heteroatoms. The Morgan fingerprint density at radius 3 is 2.29 bits per heavy atom. The van der Waals surface area contributed by atoms with Gasteiger partial charge in [0.05, 0.1) is 0 Å². The fraction of sp³-hybridized carbons (Fsp3) is 0.111. The summed E-state index contributed by atoms with van der Waals surface area (Å²) in [6.07, 6.45) is -0.569. The van der Waals surface area contributed by atoms with E-state index in [1.54, 1.807) is 0 Å². The average Bonchev–Trinajstić information content (AvgIpc) is 2.07. The molecule has 0 bridgehead atoms. The molecule has 0 atom stereocenters. The minimum atomic E-state index is -1.18. The lowest BCUT2D eigenvalue weighted by molar-refractivity contribution is -0.139. The lowest BCUT2D eigenvalue weighted by atomic mass is 10.3. The van der Waals surface area contributed by atoms with Gasteiger partial charge in [0.25, 0.3) is 0 Å². The van der Waals surface area contributed by atoms with E-state index in [2.05, 4.69) is 5.32 Å². The molecule has 0 heterocycles. The van der Waals surface area contributed by atoms with Crippen LogP contribution in [-0.4, -0.2) is 22.1 Å². The second-order valence-corrected chi connectivity index (χ2v) is 2.67. The molecule has 0 saturated heterocycles. The van der Waals surface area contributed by atoms with Gasteiger partial charge in [-0.3, -0.25) is 9.59 Å². The van der Waals surface area contributed by atoms with Crippen LogP contribution in [0.5, 0.6) is 5.75 Å². The van der Waals surface area contributed by atoms with Crippen LogP contribution >= 0.6 is 0 Å². The molecular weight excluding hydrogens is 186 g/mol. The maximum Gasteiger partial charge on any atom is 0.312 e. The second kappa shape index (κ2) is 4.27. The van der Waals surface area contributed by atoms with Gasteiger partial charge < -0.3 is 15.5 Å². The van der Waals surface area contributed by atoms with Gasteiger partial charge in [-0.25, -0.2) is 0 Å². The van der Waals surface area contributed by atoms with Crippen LogP contribution in [0.25, 0.3) is 0 Å². The van der Waals surface area contributed by atoms with Crippen molar-refractivity contribution in [2.45, 2.75) is 6.42 Å². The van der Waals surface area contributed by atoms with Crippen molar-refractivity contribution < 1.29 is 19.8 Å². The van der Waals surface area contributed by atoms with Crippen LogP contribution in [0.2, 0.25) is 0 Å². The summed E-state index contributed by atoms with van der Waals surface area (Å²) in [5.41, 5.74) is 0.453. The van der Waals surface area contributed by atoms with Gasteiger partial charge in [0, 0.05) is 5.69 Å². The number of phenolic OH excluding ortho intramolecular Hbond substituents is 1. The van der Waals surface area contributed by atoms with Crippen LogP contribution in [0.4, 0.5) is 5.69 Å². The van der Waals surface area contributed by atoms with E-state index in [1.165, 1.54) is 24.3 Å². The van der Waals surface area contributed by atoms with Crippen molar-refractivity contribution in [3.63, 3.8) is 0 Å². The maximum atomic E-state index is 11.0. The van der Waals surface area contributed by atoms with Crippen molar-refractivity contribution in [2.75, 3.05) is 5.32 Å². The molecule has 0 radical (unpaired) electrons. The summed E-state index contributed by atoms with van der Waals surface area (Å²) < 4.78 is 0. The smallest absolute Gasteiger partial charge is 0.312 e. The fourth-order valence-corrected chi connectivity index (χ4v) is 0.887. The molecule has 3 N–H and O–H groups in total. The number of nitrogens with one attached hydrogen (secondary N) is 1. The summed E-state index contributed by atoms with van der Waals surface area (Å²) in [6, 6.07) is 5.76. The summed E-state index contributed by atoms with van der Waals surface area (Å²) in [5.74, 6) is -1.69. The van der Waals surface area contributed by atoms with Crippen LogP contribution < -0.4 is 5.32 Å². The number of carbonyl (C=O) groups is 2. The zero-order valence-electron chi connectivity index (χ0n) is 7.23. The number of carboxylic acids is 1. The average molecular weight is 195 g/mol. The number of phenols is 1. The van der Waals surface area contributed by atoms with E-state index in [0.717, 1.165) is 0 Å². The van der Waals surface area contributed by atoms with Crippen molar-refractivity contribution in [1.82, 2.24) is 0 Å². The lowest BCUT2D eigenvalue weighted by Crippen LogP contribution is -2.15. The van der Waals surface area contributed by atoms with Gasteiger partial charge in [-0.2, -0.15) is 0 Å². The van der Waals surface area contributed by atoms with Gasteiger partial charge in [0.2, 0.25) is 5.91 Å². The second-order valence-electron chi connectivity index (χ2n) is 2.67. The molecule has 14 heavy (non-hydrogen) atoms. The van der Waals surface area contributed by atoms with Crippen LogP contribution in [0.3, 0.4) is 0 Å². The summed E-state index contributed by atoms with van der Waals surface area (Å²) in [6.45, 7) is 0. The number of carboxylic acid groups (broad SMARTS) is 1. The van der Waals surface area contributed by atoms with E-state index >= 15 is 0 Å².